The van der Waals surface area contributed by atoms with Crippen LogP contribution in [0.15, 0.2) is 59.8 Å². The number of likely N-dealkylation sites (tertiary alicyclic amines) is 1. The van der Waals surface area contributed by atoms with Gasteiger partial charge < -0.3 is 19.9 Å². The molecule has 1 saturated heterocycles. The summed E-state index contributed by atoms with van der Waals surface area (Å²) in [4.78, 5) is 25.3. The standard InChI is InChI=1S/C27H27ClN4O4S/c28-22-11-23-26(31-27(29-23)37-16-24(34)35)30-25(22)21-7-5-20(6-8-21)19-3-1-17(2-4-19)12-32-13-18(14-32)15-36-10-9-33/h1-8,11,18,33H,9-10,12-16H2,(H,34,35)(H,29,30,31). The summed E-state index contributed by atoms with van der Waals surface area (Å²) in [6.07, 6.45) is 0. The number of ether oxygens (including phenoxy) is 1. The van der Waals surface area contributed by atoms with Crippen LogP contribution < -0.4 is 0 Å². The molecule has 8 nitrogen and oxygen atoms in total. The van der Waals surface area contributed by atoms with E-state index in [9.17, 15) is 4.79 Å². The number of aromatic amines is 1. The molecule has 192 valence electrons. The van der Waals surface area contributed by atoms with E-state index in [4.69, 9.17) is 26.6 Å². The van der Waals surface area contributed by atoms with Crippen LogP contribution in [0, 0.1) is 5.92 Å². The number of hydrogen-bond donors (Lipinski definition) is 3. The van der Waals surface area contributed by atoms with Gasteiger partial charge in [0.15, 0.2) is 10.8 Å². The molecule has 2 aromatic heterocycles. The minimum atomic E-state index is -0.905. The Morgan fingerprint density at radius 2 is 1.76 bits per heavy atom. The molecule has 0 saturated carbocycles. The molecule has 3 heterocycles. The zero-order chi connectivity index (χ0) is 25.8. The fraction of sp³-hybridized carbons (Fsp3) is 0.296. The van der Waals surface area contributed by atoms with Gasteiger partial charge in [-0.15, -0.1) is 0 Å². The lowest BCUT2D eigenvalue weighted by atomic mass is 9.98. The maximum atomic E-state index is 10.8. The first kappa shape index (κ1) is 25.7. The average Bonchev–Trinajstić information content (AvgIpc) is 3.27. The molecular formula is C27H27ClN4O4S. The number of aliphatic hydroxyl groups excluding tert-OH is 1. The molecule has 1 aliphatic heterocycles. The molecule has 0 radical (unpaired) electrons. The molecule has 37 heavy (non-hydrogen) atoms. The van der Waals surface area contributed by atoms with Gasteiger partial charge in [-0.25, -0.2) is 9.97 Å². The molecule has 3 N–H and O–H groups in total. The number of nitrogens with zero attached hydrogens (tertiary/aromatic N) is 3. The highest BCUT2D eigenvalue weighted by Gasteiger charge is 2.26. The van der Waals surface area contributed by atoms with Crippen molar-refractivity contribution in [3.8, 4) is 22.4 Å². The van der Waals surface area contributed by atoms with Gasteiger partial charge in [0.05, 0.1) is 41.8 Å². The summed E-state index contributed by atoms with van der Waals surface area (Å²) in [5, 5.41) is 18.7. The average molecular weight is 539 g/mol. The summed E-state index contributed by atoms with van der Waals surface area (Å²) >= 11 is 7.62. The number of carbonyl (C=O) groups is 1. The molecule has 1 fully saturated rings. The van der Waals surface area contributed by atoms with Crippen molar-refractivity contribution in [1.29, 1.82) is 0 Å². The highest BCUT2D eigenvalue weighted by Crippen LogP contribution is 2.31. The molecule has 4 aromatic rings. The highest BCUT2D eigenvalue weighted by molar-refractivity contribution is 7.99. The Morgan fingerprint density at radius 1 is 1.08 bits per heavy atom. The van der Waals surface area contributed by atoms with E-state index in [0.717, 1.165) is 54.7 Å². The zero-order valence-corrected chi connectivity index (χ0v) is 21.6. The number of carboxylic acids is 1. The Hall–Kier alpha value is -2.95. The largest absolute Gasteiger partial charge is 0.481 e. The molecule has 0 unspecified atom stereocenters. The van der Waals surface area contributed by atoms with E-state index in [1.807, 2.05) is 12.1 Å². The minimum Gasteiger partial charge on any atom is -0.481 e. The second-order valence-electron chi connectivity index (χ2n) is 9.05. The molecule has 0 aliphatic carbocycles. The number of thioether (sulfide) groups is 1. The third-order valence-electron chi connectivity index (χ3n) is 6.21. The number of fused-ring (bicyclic) bond motifs is 1. The van der Waals surface area contributed by atoms with E-state index >= 15 is 0 Å². The Labute approximate surface area is 223 Å². The number of rotatable bonds is 11. The molecule has 1 aliphatic rings. The van der Waals surface area contributed by atoms with Gasteiger partial charge in [-0.1, -0.05) is 71.9 Å². The number of aliphatic carboxylic acids is 1. The number of halogens is 1. The molecule has 5 rings (SSSR count). The first-order valence-electron chi connectivity index (χ1n) is 12.0. The van der Waals surface area contributed by atoms with Crippen molar-refractivity contribution >= 4 is 40.5 Å². The summed E-state index contributed by atoms with van der Waals surface area (Å²) < 4.78 is 5.42. The first-order valence-corrected chi connectivity index (χ1v) is 13.4. The van der Waals surface area contributed by atoms with Crippen LogP contribution in [-0.2, 0) is 16.1 Å². The molecule has 2 aromatic carbocycles. The number of pyridine rings is 1. The van der Waals surface area contributed by atoms with Crippen molar-refractivity contribution in [2.75, 3.05) is 38.7 Å². The topological polar surface area (TPSA) is 112 Å². The van der Waals surface area contributed by atoms with Gasteiger partial charge in [0.25, 0.3) is 0 Å². The Bertz CT molecular complexity index is 1370. The number of hydrogen-bond acceptors (Lipinski definition) is 7. The maximum absolute atomic E-state index is 10.8. The van der Waals surface area contributed by atoms with Gasteiger partial charge in [0, 0.05) is 31.1 Å². The number of nitrogens with one attached hydrogen (secondary N) is 1. The van der Waals surface area contributed by atoms with E-state index in [2.05, 4.69) is 56.3 Å². The van der Waals surface area contributed by atoms with E-state index in [1.54, 1.807) is 6.07 Å². The molecule has 0 bridgehead atoms. The van der Waals surface area contributed by atoms with Crippen molar-refractivity contribution in [2.24, 2.45) is 5.92 Å². The van der Waals surface area contributed by atoms with Gasteiger partial charge in [-0.2, -0.15) is 0 Å². The van der Waals surface area contributed by atoms with Crippen molar-refractivity contribution in [2.45, 2.75) is 11.7 Å². The van der Waals surface area contributed by atoms with E-state index in [1.165, 1.54) is 5.56 Å². The van der Waals surface area contributed by atoms with Gasteiger partial charge in [0.2, 0.25) is 0 Å². The van der Waals surface area contributed by atoms with Gasteiger partial charge in [0.1, 0.15) is 0 Å². The van der Waals surface area contributed by atoms with Crippen molar-refractivity contribution in [3.05, 3.63) is 65.2 Å². The third-order valence-corrected chi connectivity index (χ3v) is 7.36. The number of H-pyrrole nitrogens is 1. The third kappa shape index (κ3) is 6.31. The zero-order valence-electron chi connectivity index (χ0n) is 20.1. The van der Waals surface area contributed by atoms with Crippen LogP contribution >= 0.6 is 23.4 Å². The number of aromatic nitrogens is 3. The van der Waals surface area contributed by atoms with Gasteiger partial charge >= 0.3 is 5.97 Å². The summed E-state index contributed by atoms with van der Waals surface area (Å²) in [7, 11) is 0. The normalized spacial score (nSPS) is 14.2. The van der Waals surface area contributed by atoms with E-state index in [0.29, 0.717) is 39.6 Å². The summed E-state index contributed by atoms with van der Waals surface area (Å²) in [6.45, 7) is 4.18. The summed E-state index contributed by atoms with van der Waals surface area (Å²) in [5.41, 5.74) is 6.19. The Balaban J connectivity index is 1.22. The van der Waals surface area contributed by atoms with Crippen molar-refractivity contribution < 1.29 is 19.7 Å². The number of benzene rings is 2. The number of imidazole rings is 1. The number of aliphatic hydroxyl groups is 1. The maximum Gasteiger partial charge on any atom is 0.313 e. The van der Waals surface area contributed by atoms with Crippen LogP contribution in [0.5, 0.6) is 0 Å². The SMILES string of the molecule is O=C(O)CSc1nc2nc(-c3ccc(-c4ccc(CN5CC(COCCO)C5)cc4)cc3)c(Cl)cc2[nH]1. The predicted octanol–water partition coefficient (Wildman–Crippen LogP) is 4.56. The molecule has 0 amide bonds. The van der Waals surface area contributed by atoms with Gasteiger partial charge in [-0.3, -0.25) is 9.69 Å². The van der Waals surface area contributed by atoms with Crippen LogP contribution in [0.4, 0.5) is 0 Å². The summed E-state index contributed by atoms with van der Waals surface area (Å²) in [6, 6.07) is 18.5. The van der Waals surface area contributed by atoms with Gasteiger partial charge in [-0.05, 0) is 22.8 Å². The molecular weight excluding hydrogens is 512 g/mol. The quantitative estimate of drug-likeness (QED) is 0.188. The van der Waals surface area contributed by atoms with Crippen LogP contribution in [-0.4, -0.2) is 74.7 Å². The smallest absolute Gasteiger partial charge is 0.313 e. The summed E-state index contributed by atoms with van der Waals surface area (Å²) in [5.74, 6) is -0.430. The highest BCUT2D eigenvalue weighted by atomic mass is 35.5. The van der Waals surface area contributed by atoms with Crippen LogP contribution in [0.2, 0.25) is 5.02 Å². The van der Waals surface area contributed by atoms with E-state index < -0.39 is 5.97 Å². The second kappa shape index (κ2) is 11.6. The lowest BCUT2D eigenvalue weighted by molar-refractivity contribution is -0.133. The molecule has 10 heteroatoms. The first-order chi connectivity index (χ1) is 18.0. The molecule has 0 atom stereocenters. The molecule has 0 spiro atoms. The van der Waals surface area contributed by atoms with Crippen LogP contribution in [0.25, 0.3) is 33.5 Å². The number of carboxylic acid groups (broad SMARTS) is 1. The monoisotopic (exact) mass is 538 g/mol. The fourth-order valence-corrected chi connectivity index (χ4v) is 5.26. The van der Waals surface area contributed by atoms with Crippen LogP contribution in [0.1, 0.15) is 5.56 Å². The van der Waals surface area contributed by atoms with Crippen molar-refractivity contribution in [3.63, 3.8) is 0 Å². The van der Waals surface area contributed by atoms with Crippen LogP contribution in [0.3, 0.4) is 0 Å². The second-order valence-corrected chi connectivity index (χ2v) is 10.4. The Kier molecular flexibility index (Phi) is 8.07. The predicted molar refractivity (Wildman–Crippen MR) is 145 cm³/mol. The lowest BCUT2D eigenvalue weighted by Gasteiger charge is -2.39. The lowest BCUT2D eigenvalue weighted by Crippen LogP contribution is -2.48. The minimum absolute atomic E-state index is 0.0780. The van der Waals surface area contributed by atoms with Crippen molar-refractivity contribution in [1.82, 2.24) is 19.9 Å². The fourth-order valence-electron chi connectivity index (χ4n) is 4.40. The van der Waals surface area contributed by atoms with E-state index in [-0.39, 0.29) is 12.4 Å². The Morgan fingerprint density at radius 3 is 2.43 bits per heavy atom.